The summed E-state index contributed by atoms with van der Waals surface area (Å²) < 4.78 is 7.00. The minimum atomic E-state index is -0.477. The van der Waals surface area contributed by atoms with E-state index >= 15 is 0 Å². The average Bonchev–Trinajstić information content (AvgIpc) is 3.04. The van der Waals surface area contributed by atoms with E-state index in [1.807, 2.05) is 10.6 Å². The number of pyridine rings is 1. The van der Waals surface area contributed by atoms with Crippen molar-refractivity contribution in [3.05, 3.63) is 52.8 Å². The normalized spacial score (nSPS) is 11.0. The van der Waals surface area contributed by atoms with Gasteiger partial charge in [-0.2, -0.15) is 0 Å². The van der Waals surface area contributed by atoms with E-state index in [0.717, 1.165) is 5.56 Å². The van der Waals surface area contributed by atoms with Gasteiger partial charge in [-0.05, 0) is 35.4 Å². The standard InChI is InChI=1S/C18H17ClN2O4/c1-25-17-6-12(9-22)14(7-15(17)19)16-8-21-3-2-11(4-13(24)10-23)5-18(21)20-16/h2-3,5-8,22-23H,4,9-10H2,1H3. The number of aliphatic hydroxyl groups is 2. The number of ketones is 1. The third-order valence-electron chi connectivity index (χ3n) is 3.93. The number of nitrogens with zero attached hydrogens (tertiary/aromatic N) is 2. The van der Waals surface area contributed by atoms with Crippen LogP contribution in [0.4, 0.5) is 0 Å². The lowest BCUT2D eigenvalue weighted by atomic mass is 10.1. The molecule has 7 heteroatoms. The second-order valence-electron chi connectivity index (χ2n) is 5.60. The van der Waals surface area contributed by atoms with Crippen molar-refractivity contribution >= 4 is 23.0 Å². The zero-order valence-electron chi connectivity index (χ0n) is 13.6. The van der Waals surface area contributed by atoms with Gasteiger partial charge in [0.1, 0.15) is 18.0 Å². The summed E-state index contributed by atoms with van der Waals surface area (Å²) in [6, 6.07) is 7.00. The molecule has 25 heavy (non-hydrogen) atoms. The largest absolute Gasteiger partial charge is 0.495 e. The van der Waals surface area contributed by atoms with Gasteiger partial charge in [0.25, 0.3) is 0 Å². The first-order chi connectivity index (χ1) is 12.0. The van der Waals surface area contributed by atoms with Crippen LogP contribution in [0.3, 0.4) is 0 Å². The van der Waals surface area contributed by atoms with Crippen molar-refractivity contribution in [2.45, 2.75) is 13.0 Å². The van der Waals surface area contributed by atoms with E-state index in [2.05, 4.69) is 4.98 Å². The molecule has 0 aliphatic carbocycles. The summed E-state index contributed by atoms with van der Waals surface area (Å²) in [7, 11) is 1.52. The molecular formula is C18H17ClN2O4. The number of hydrogen-bond donors (Lipinski definition) is 2. The minimum Gasteiger partial charge on any atom is -0.495 e. The molecule has 0 bridgehead atoms. The lowest BCUT2D eigenvalue weighted by molar-refractivity contribution is -0.121. The molecule has 0 radical (unpaired) electrons. The Hall–Kier alpha value is -2.41. The minimum absolute atomic E-state index is 0.158. The van der Waals surface area contributed by atoms with Crippen LogP contribution in [-0.4, -0.2) is 39.1 Å². The predicted molar refractivity (Wildman–Crippen MR) is 93.9 cm³/mol. The van der Waals surface area contributed by atoms with E-state index in [1.54, 1.807) is 30.5 Å². The number of aliphatic hydroxyl groups excluding tert-OH is 2. The molecule has 0 spiro atoms. The van der Waals surface area contributed by atoms with E-state index in [-0.39, 0.29) is 18.8 Å². The first-order valence-corrected chi connectivity index (χ1v) is 8.01. The van der Waals surface area contributed by atoms with Gasteiger partial charge in [-0.3, -0.25) is 4.79 Å². The zero-order valence-corrected chi connectivity index (χ0v) is 14.3. The number of fused-ring (bicyclic) bond motifs is 1. The van der Waals surface area contributed by atoms with Crippen LogP contribution >= 0.6 is 11.6 Å². The molecule has 0 aliphatic heterocycles. The van der Waals surface area contributed by atoms with Crippen LogP contribution in [0.5, 0.6) is 5.75 Å². The third kappa shape index (κ3) is 3.51. The smallest absolute Gasteiger partial charge is 0.162 e. The molecule has 0 saturated heterocycles. The number of methoxy groups -OCH3 is 1. The topological polar surface area (TPSA) is 84.1 Å². The maximum absolute atomic E-state index is 11.4. The van der Waals surface area contributed by atoms with Gasteiger partial charge in [-0.1, -0.05) is 11.6 Å². The number of benzene rings is 1. The van der Waals surface area contributed by atoms with Crippen molar-refractivity contribution in [1.29, 1.82) is 0 Å². The molecular weight excluding hydrogens is 344 g/mol. The highest BCUT2D eigenvalue weighted by molar-refractivity contribution is 6.32. The van der Waals surface area contributed by atoms with Crippen LogP contribution in [0.25, 0.3) is 16.9 Å². The van der Waals surface area contributed by atoms with E-state index in [4.69, 9.17) is 21.4 Å². The van der Waals surface area contributed by atoms with E-state index in [1.165, 1.54) is 7.11 Å². The number of halogens is 1. The molecule has 2 heterocycles. The first-order valence-electron chi connectivity index (χ1n) is 7.63. The van der Waals surface area contributed by atoms with Crippen molar-refractivity contribution in [3.63, 3.8) is 0 Å². The summed E-state index contributed by atoms with van der Waals surface area (Å²) in [6.45, 7) is -0.651. The number of hydrogen-bond acceptors (Lipinski definition) is 5. The Labute approximate surface area is 149 Å². The van der Waals surface area contributed by atoms with Crippen LogP contribution < -0.4 is 4.74 Å². The molecule has 6 nitrogen and oxygen atoms in total. The molecule has 0 fully saturated rings. The van der Waals surface area contributed by atoms with Crippen molar-refractivity contribution in [3.8, 4) is 17.0 Å². The summed E-state index contributed by atoms with van der Waals surface area (Å²) in [4.78, 5) is 16.0. The van der Waals surface area contributed by atoms with Gasteiger partial charge in [0.05, 0.1) is 24.4 Å². The van der Waals surface area contributed by atoms with E-state index in [0.29, 0.717) is 33.2 Å². The van der Waals surface area contributed by atoms with Gasteiger partial charge in [0.15, 0.2) is 5.78 Å². The Morgan fingerprint density at radius 3 is 2.80 bits per heavy atom. The summed E-state index contributed by atoms with van der Waals surface area (Å²) in [5.74, 6) is 0.240. The number of carbonyl (C=O) groups excluding carboxylic acids is 1. The average molecular weight is 361 g/mol. The van der Waals surface area contributed by atoms with Crippen molar-refractivity contribution in [2.24, 2.45) is 0 Å². The molecule has 3 rings (SSSR count). The van der Waals surface area contributed by atoms with Gasteiger partial charge < -0.3 is 19.4 Å². The molecule has 2 aromatic heterocycles. The Kier molecular flexibility index (Phi) is 5.03. The Balaban J connectivity index is 2.04. The molecule has 0 aliphatic rings. The highest BCUT2D eigenvalue weighted by atomic mass is 35.5. The SMILES string of the molecule is COc1cc(CO)c(-c2cn3ccc(CC(=O)CO)cc3n2)cc1Cl. The van der Waals surface area contributed by atoms with E-state index in [9.17, 15) is 9.90 Å². The number of rotatable bonds is 6. The molecule has 2 N–H and O–H groups in total. The summed E-state index contributed by atoms with van der Waals surface area (Å²) in [5, 5.41) is 18.9. The Morgan fingerprint density at radius 2 is 2.12 bits per heavy atom. The van der Waals surface area contributed by atoms with Crippen LogP contribution in [-0.2, 0) is 17.8 Å². The maximum Gasteiger partial charge on any atom is 0.162 e. The monoisotopic (exact) mass is 360 g/mol. The molecule has 0 atom stereocenters. The van der Waals surface area contributed by atoms with Crippen LogP contribution in [0.15, 0.2) is 36.7 Å². The van der Waals surface area contributed by atoms with Gasteiger partial charge in [-0.15, -0.1) is 0 Å². The van der Waals surface area contributed by atoms with Crippen molar-refractivity contribution < 1.29 is 19.7 Å². The Bertz CT molecular complexity index is 936. The Morgan fingerprint density at radius 1 is 1.32 bits per heavy atom. The molecule has 1 aromatic carbocycles. The second kappa shape index (κ2) is 7.23. The van der Waals surface area contributed by atoms with Crippen molar-refractivity contribution in [2.75, 3.05) is 13.7 Å². The highest BCUT2D eigenvalue weighted by Gasteiger charge is 2.14. The van der Waals surface area contributed by atoms with Crippen LogP contribution in [0.1, 0.15) is 11.1 Å². The fourth-order valence-electron chi connectivity index (χ4n) is 2.67. The third-order valence-corrected chi connectivity index (χ3v) is 4.22. The first kappa shape index (κ1) is 17.4. The zero-order chi connectivity index (χ0) is 18.0. The molecule has 130 valence electrons. The highest BCUT2D eigenvalue weighted by Crippen LogP contribution is 2.33. The fourth-order valence-corrected chi connectivity index (χ4v) is 2.91. The lowest BCUT2D eigenvalue weighted by Crippen LogP contribution is -2.07. The van der Waals surface area contributed by atoms with Crippen molar-refractivity contribution in [1.82, 2.24) is 9.38 Å². The fraction of sp³-hybridized carbons (Fsp3) is 0.222. The quantitative estimate of drug-likeness (QED) is 0.704. The molecule has 0 saturated carbocycles. The van der Waals surface area contributed by atoms with Crippen LogP contribution in [0, 0.1) is 0 Å². The molecule has 3 aromatic rings. The van der Waals surface area contributed by atoms with E-state index < -0.39 is 6.61 Å². The molecule has 0 amide bonds. The van der Waals surface area contributed by atoms with Gasteiger partial charge >= 0.3 is 0 Å². The summed E-state index contributed by atoms with van der Waals surface area (Å²) in [6.07, 6.45) is 3.78. The maximum atomic E-state index is 11.4. The van der Waals surface area contributed by atoms with Gasteiger partial charge in [0, 0.05) is 24.4 Å². The number of imidazole rings is 1. The number of Topliss-reactive ketones (excluding diaryl/α,β-unsaturated/α-hetero) is 1. The number of ether oxygens (including phenoxy) is 1. The number of aromatic nitrogens is 2. The van der Waals surface area contributed by atoms with Gasteiger partial charge in [-0.25, -0.2) is 4.98 Å². The van der Waals surface area contributed by atoms with Crippen LogP contribution in [0.2, 0.25) is 5.02 Å². The summed E-state index contributed by atoms with van der Waals surface area (Å²) >= 11 is 6.20. The molecule has 0 unspecified atom stereocenters. The number of carbonyl (C=O) groups is 1. The lowest BCUT2D eigenvalue weighted by Gasteiger charge is -2.09. The predicted octanol–water partition coefficient (Wildman–Crippen LogP) is 2.26. The second-order valence-corrected chi connectivity index (χ2v) is 6.01. The summed E-state index contributed by atoms with van der Waals surface area (Å²) in [5.41, 5.74) is 3.46. The van der Waals surface area contributed by atoms with Gasteiger partial charge in [0.2, 0.25) is 0 Å².